The average molecular weight is 427 g/mol. The van der Waals surface area contributed by atoms with Crippen molar-refractivity contribution in [2.45, 2.75) is 37.1 Å². The van der Waals surface area contributed by atoms with Gasteiger partial charge in [-0.2, -0.15) is 0 Å². The van der Waals surface area contributed by atoms with E-state index in [0.29, 0.717) is 5.56 Å². The summed E-state index contributed by atoms with van der Waals surface area (Å²) in [6.07, 6.45) is -4.41. The standard InChI is InChI=1S/C22H25N3O6/c1-23-18(27)9-25-11-24-15-8-13(5-6-16(15)25)12-3-2-4-14(7-12)22-21(30)20(29)19(28)17(10-26)31-22/h2-8,11,17,19-22,26,28-30H,9-10H2,1H3,(H,23,27)/t17-,19-,20+,21-,22-/m1/s1. The Morgan fingerprint density at radius 3 is 2.61 bits per heavy atom. The average Bonchev–Trinajstić information content (AvgIpc) is 3.19. The van der Waals surface area contributed by atoms with Crippen molar-refractivity contribution in [2.24, 2.45) is 0 Å². The van der Waals surface area contributed by atoms with Gasteiger partial charge in [-0.15, -0.1) is 0 Å². The number of hydrogen-bond acceptors (Lipinski definition) is 7. The lowest BCUT2D eigenvalue weighted by Crippen LogP contribution is -2.55. The number of rotatable bonds is 5. The van der Waals surface area contributed by atoms with Crippen molar-refractivity contribution in [3.63, 3.8) is 0 Å². The molecule has 0 bridgehead atoms. The summed E-state index contributed by atoms with van der Waals surface area (Å²) in [4.78, 5) is 16.1. The van der Waals surface area contributed by atoms with E-state index in [1.165, 1.54) is 0 Å². The van der Waals surface area contributed by atoms with Gasteiger partial charge in [0, 0.05) is 7.05 Å². The maximum absolute atomic E-state index is 11.7. The monoisotopic (exact) mass is 427 g/mol. The minimum atomic E-state index is -1.43. The highest BCUT2D eigenvalue weighted by atomic mass is 16.5. The first kappa shape index (κ1) is 21.4. The van der Waals surface area contributed by atoms with Crippen LogP contribution in [0.25, 0.3) is 22.2 Å². The number of carbonyl (C=O) groups is 1. The molecule has 9 heteroatoms. The molecule has 2 heterocycles. The Balaban J connectivity index is 1.64. The van der Waals surface area contributed by atoms with Crippen molar-refractivity contribution in [1.29, 1.82) is 0 Å². The number of fused-ring (bicyclic) bond motifs is 1. The summed E-state index contributed by atoms with van der Waals surface area (Å²) in [5.41, 5.74) is 3.90. The van der Waals surface area contributed by atoms with Gasteiger partial charge in [0.15, 0.2) is 0 Å². The number of nitrogens with one attached hydrogen (secondary N) is 1. The van der Waals surface area contributed by atoms with Gasteiger partial charge < -0.3 is 35.0 Å². The van der Waals surface area contributed by atoms with Gasteiger partial charge in [-0.3, -0.25) is 4.79 Å². The molecule has 3 aromatic rings. The Morgan fingerprint density at radius 1 is 1.10 bits per heavy atom. The van der Waals surface area contributed by atoms with Gasteiger partial charge in [0.05, 0.1) is 24.0 Å². The summed E-state index contributed by atoms with van der Waals surface area (Å²) in [6.45, 7) is -0.296. The number of aliphatic hydroxyl groups is 4. The molecule has 1 aliphatic rings. The lowest BCUT2D eigenvalue weighted by molar-refractivity contribution is -0.231. The topological polar surface area (TPSA) is 137 Å². The fourth-order valence-electron chi connectivity index (χ4n) is 3.88. The zero-order valence-electron chi connectivity index (χ0n) is 16.9. The Hall–Kier alpha value is -2.82. The van der Waals surface area contributed by atoms with Crippen LogP contribution >= 0.6 is 0 Å². The number of imidazole rings is 1. The molecule has 0 unspecified atom stereocenters. The van der Waals surface area contributed by atoms with E-state index in [9.17, 15) is 25.2 Å². The number of aliphatic hydroxyl groups excluding tert-OH is 4. The summed E-state index contributed by atoms with van der Waals surface area (Å²) in [6, 6.07) is 13.0. The molecule has 1 amide bonds. The fourth-order valence-corrected chi connectivity index (χ4v) is 3.88. The Labute approximate surface area is 178 Å². The molecule has 0 spiro atoms. The molecule has 5 atom stereocenters. The molecular formula is C22H25N3O6. The van der Waals surface area contributed by atoms with E-state index in [1.54, 1.807) is 30.1 Å². The van der Waals surface area contributed by atoms with Crippen LogP contribution < -0.4 is 5.32 Å². The van der Waals surface area contributed by atoms with Crippen molar-refractivity contribution in [3.05, 3.63) is 54.4 Å². The van der Waals surface area contributed by atoms with E-state index in [-0.39, 0.29) is 12.5 Å². The van der Waals surface area contributed by atoms with Crippen LogP contribution in [-0.2, 0) is 16.1 Å². The maximum atomic E-state index is 11.7. The van der Waals surface area contributed by atoms with Crippen LogP contribution in [0.2, 0.25) is 0 Å². The predicted molar refractivity (Wildman–Crippen MR) is 112 cm³/mol. The molecule has 9 nitrogen and oxygen atoms in total. The SMILES string of the molecule is CNC(=O)Cn1cnc2cc(-c3cccc([C@H]4O[C@H](CO)[C@@H](O)[C@H](O)[C@H]4O)c3)ccc21. The van der Waals surface area contributed by atoms with E-state index in [1.807, 2.05) is 30.3 Å². The second-order valence-electron chi connectivity index (χ2n) is 7.62. The van der Waals surface area contributed by atoms with Crippen LogP contribution in [0.15, 0.2) is 48.8 Å². The third-order valence-corrected chi connectivity index (χ3v) is 5.65. The Bertz CT molecular complexity index is 1080. The number of amides is 1. The summed E-state index contributed by atoms with van der Waals surface area (Å²) < 4.78 is 7.43. The van der Waals surface area contributed by atoms with E-state index >= 15 is 0 Å². The molecule has 31 heavy (non-hydrogen) atoms. The van der Waals surface area contributed by atoms with Gasteiger partial charge in [0.25, 0.3) is 0 Å². The minimum absolute atomic E-state index is 0.115. The van der Waals surface area contributed by atoms with E-state index < -0.39 is 37.1 Å². The molecule has 0 aliphatic carbocycles. The molecule has 2 aromatic carbocycles. The zero-order valence-corrected chi connectivity index (χ0v) is 16.9. The summed E-state index contributed by atoms with van der Waals surface area (Å²) in [7, 11) is 1.59. The Kier molecular flexibility index (Phi) is 6.03. The molecule has 4 rings (SSSR count). The normalized spacial score (nSPS) is 26.2. The number of nitrogens with zero attached hydrogens (tertiary/aromatic N) is 2. The lowest BCUT2D eigenvalue weighted by Gasteiger charge is -2.40. The van der Waals surface area contributed by atoms with Gasteiger partial charge in [-0.1, -0.05) is 24.3 Å². The van der Waals surface area contributed by atoms with E-state index in [0.717, 1.165) is 22.2 Å². The van der Waals surface area contributed by atoms with Gasteiger partial charge in [-0.05, 0) is 34.9 Å². The molecule has 5 N–H and O–H groups in total. The number of ether oxygens (including phenoxy) is 1. The first-order chi connectivity index (χ1) is 14.9. The molecule has 1 aliphatic heterocycles. The summed E-state index contributed by atoms with van der Waals surface area (Å²) in [5.74, 6) is -0.115. The Morgan fingerprint density at radius 2 is 1.87 bits per heavy atom. The highest BCUT2D eigenvalue weighted by molar-refractivity contribution is 5.84. The number of aromatic nitrogens is 2. The highest BCUT2D eigenvalue weighted by Crippen LogP contribution is 2.34. The number of hydrogen-bond donors (Lipinski definition) is 5. The van der Waals surface area contributed by atoms with Crippen molar-refractivity contribution in [1.82, 2.24) is 14.9 Å². The van der Waals surface area contributed by atoms with Gasteiger partial charge in [0.2, 0.25) is 5.91 Å². The van der Waals surface area contributed by atoms with Gasteiger partial charge in [-0.25, -0.2) is 4.98 Å². The fraction of sp³-hybridized carbons (Fsp3) is 0.364. The first-order valence-corrected chi connectivity index (χ1v) is 9.99. The van der Waals surface area contributed by atoms with Crippen molar-refractivity contribution >= 4 is 16.9 Å². The smallest absolute Gasteiger partial charge is 0.239 e. The predicted octanol–water partition coefficient (Wildman–Crippen LogP) is -0.0358. The quantitative estimate of drug-likeness (QED) is 0.385. The molecule has 1 aromatic heterocycles. The van der Waals surface area contributed by atoms with Gasteiger partial charge in [0.1, 0.15) is 37.1 Å². The van der Waals surface area contributed by atoms with Crippen LogP contribution in [-0.4, -0.2) is 74.0 Å². The van der Waals surface area contributed by atoms with Crippen molar-refractivity contribution in [3.8, 4) is 11.1 Å². The largest absolute Gasteiger partial charge is 0.394 e. The van der Waals surface area contributed by atoms with Crippen LogP contribution in [0.1, 0.15) is 11.7 Å². The third-order valence-electron chi connectivity index (χ3n) is 5.65. The minimum Gasteiger partial charge on any atom is -0.394 e. The second kappa shape index (κ2) is 8.74. The van der Waals surface area contributed by atoms with E-state index in [4.69, 9.17) is 4.74 Å². The molecule has 0 saturated carbocycles. The molecule has 1 saturated heterocycles. The summed E-state index contributed by atoms with van der Waals surface area (Å²) in [5, 5.41) is 42.5. The first-order valence-electron chi connectivity index (χ1n) is 9.99. The second-order valence-corrected chi connectivity index (χ2v) is 7.62. The van der Waals surface area contributed by atoms with Crippen LogP contribution in [0, 0.1) is 0 Å². The number of carbonyl (C=O) groups excluding carboxylic acids is 1. The van der Waals surface area contributed by atoms with Crippen molar-refractivity contribution in [2.75, 3.05) is 13.7 Å². The number of benzene rings is 2. The third kappa shape index (κ3) is 4.06. The molecular weight excluding hydrogens is 402 g/mol. The zero-order chi connectivity index (χ0) is 22.1. The van der Waals surface area contributed by atoms with Crippen LogP contribution in [0.4, 0.5) is 0 Å². The molecule has 1 fully saturated rings. The maximum Gasteiger partial charge on any atom is 0.239 e. The van der Waals surface area contributed by atoms with Crippen molar-refractivity contribution < 1.29 is 30.0 Å². The number of likely N-dealkylation sites (N-methyl/N-ethyl adjacent to an activating group) is 1. The molecule has 164 valence electrons. The summed E-state index contributed by atoms with van der Waals surface area (Å²) >= 11 is 0. The van der Waals surface area contributed by atoms with E-state index in [2.05, 4.69) is 10.3 Å². The highest BCUT2D eigenvalue weighted by Gasteiger charge is 2.43. The van der Waals surface area contributed by atoms with Crippen LogP contribution in [0.5, 0.6) is 0 Å². The molecule has 0 radical (unpaired) electrons. The van der Waals surface area contributed by atoms with Gasteiger partial charge >= 0.3 is 0 Å². The van der Waals surface area contributed by atoms with Crippen LogP contribution in [0.3, 0.4) is 0 Å². The lowest BCUT2D eigenvalue weighted by atomic mass is 9.90.